The Hall–Kier alpha value is -2.44. The summed E-state index contributed by atoms with van der Waals surface area (Å²) >= 11 is 0. The van der Waals surface area contributed by atoms with Crippen LogP contribution in [0.15, 0.2) is 24.4 Å². The number of anilines is 1. The van der Waals surface area contributed by atoms with Crippen molar-refractivity contribution >= 4 is 11.4 Å². The number of benzene rings is 1. The van der Waals surface area contributed by atoms with Crippen molar-refractivity contribution in [2.24, 2.45) is 0 Å². The van der Waals surface area contributed by atoms with Gasteiger partial charge < -0.3 is 5.32 Å². The van der Waals surface area contributed by atoms with Crippen molar-refractivity contribution in [1.29, 1.82) is 0 Å². The lowest BCUT2D eigenvalue weighted by Crippen LogP contribution is -2.03. The molecule has 0 aliphatic carbocycles. The van der Waals surface area contributed by atoms with Crippen LogP contribution in [0.25, 0.3) is 0 Å². The highest BCUT2D eigenvalue weighted by Crippen LogP contribution is 2.25. The van der Waals surface area contributed by atoms with E-state index in [0.29, 0.717) is 6.54 Å². The van der Waals surface area contributed by atoms with Crippen LogP contribution in [-0.2, 0) is 6.54 Å². The average Bonchev–Trinajstić information content (AvgIpc) is 2.73. The molecule has 2 N–H and O–H groups in total. The number of nitrogens with zero attached hydrogens (tertiary/aromatic N) is 2. The highest BCUT2D eigenvalue weighted by Gasteiger charge is 2.14. The van der Waals surface area contributed by atoms with E-state index in [2.05, 4.69) is 15.5 Å². The molecule has 0 aliphatic rings. The van der Waals surface area contributed by atoms with Crippen LogP contribution in [0.3, 0.4) is 0 Å². The summed E-state index contributed by atoms with van der Waals surface area (Å²) < 4.78 is 12.9. The first-order valence-electron chi connectivity index (χ1n) is 5.24. The van der Waals surface area contributed by atoms with Gasteiger partial charge in [0.1, 0.15) is 11.5 Å². The Labute approximate surface area is 102 Å². The molecular weight excluding hydrogens is 239 g/mol. The Morgan fingerprint density at radius 2 is 2.33 bits per heavy atom. The topological polar surface area (TPSA) is 83.8 Å². The fraction of sp³-hybridized carbons (Fsp3) is 0.182. The fourth-order valence-electron chi connectivity index (χ4n) is 1.55. The normalized spacial score (nSPS) is 10.3. The van der Waals surface area contributed by atoms with Crippen molar-refractivity contribution in [1.82, 2.24) is 10.2 Å². The van der Waals surface area contributed by atoms with Gasteiger partial charge in [-0.05, 0) is 19.1 Å². The van der Waals surface area contributed by atoms with Gasteiger partial charge in [-0.3, -0.25) is 15.2 Å². The second kappa shape index (κ2) is 4.82. The van der Waals surface area contributed by atoms with Gasteiger partial charge in [-0.15, -0.1) is 0 Å². The first-order valence-corrected chi connectivity index (χ1v) is 5.24. The highest BCUT2D eigenvalue weighted by molar-refractivity contribution is 5.61. The summed E-state index contributed by atoms with van der Waals surface area (Å²) in [4.78, 5) is 10.2. The number of H-pyrrole nitrogens is 1. The number of hydrogen-bond donors (Lipinski definition) is 2. The van der Waals surface area contributed by atoms with Crippen molar-refractivity contribution < 1.29 is 9.31 Å². The monoisotopic (exact) mass is 250 g/mol. The van der Waals surface area contributed by atoms with Crippen LogP contribution in [0.2, 0.25) is 0 Å². The molecule has 7 heteroatoms. The summed E-state index contributed by atoms with van der Waals surface area (Å²) in [5, 5.41) is 20.3. The van der Waals surface area contributed by atoms with E-state index in [-0.39, 0.29) is 11.4 Å². The van der Waals surface area contributed by atoms with E-state index in [9.17, 15) is 14.5 Å². The molecule has 0 spiro atoms. The van der Waals surface area contributed by atoms with Crippen LogP contribution >= 0.6 is 0 Å². The molecule has 0 unspecified atom stereocenters. The number of nitro benzene ring substituents is 1. The first kappa shape index (κ1) is 12.0. The molecule has 0 aliphatic heterocycles. The van der Waals surface area contributed by atoms with Gasteiger partial charge in [-0.2, -0.15) is 5.10 Å². The summed E-state index contributed by atoms with van der Waals surface area (Å²) in [5.41, 5.74) is 1.78. The van der Waals surface area contributed by atoms with Gasteiger partial charge >= 0.3 is 0 Å². The van der Waals surface area contributed by atoms with Gasteiger partial charge in [-0.1, -0.05) is 0 Å². The molecule has 1 heterocycles. The Morgan fingerprint density at radius 3 is 2.94 bits per heavy atom. The summed E-state index contributed by atoms with van der Waals surface area (Å²) in [6, 6.07) is 3.42. The number of nitrogens with one attached hydrogen (secondary N) is 2. The molecule has 0 bridgehead atoms. The molecule has 2 aromatic rings. The Bertz CT molecular complexity index is 582. The smallest absolute Gasteiger partial charge is 0.295 e. The van der Waals surface area contributed by atoms with E-state index >= 15 is 0 Å². The molecule has 0 fully saturated rings. The molecule has 2 rings (SSSR count). The minimum absolute atomic E-state index is 0.280. The number of hydrogen-bond acceptors (Lipinski definition) is 4. The number of aromatic amines is 1. The number of rotatable bonds is 4. The third-order valence-corrected chi connectivity index (χ3v) is 2.56. The lowest BCUT2D eigenvalue weighted by atomic mass is 10.2. The van der Waals surface area contributed by atoms with Gasteiger partial charge in [0.05, 0.1) is 17.2 Å². The Kier molecular flexibility index (Phi) is 3.22. The predicted molar refractivity (Wildman–Crippen MR) is 63.7 cm³/mol. The average molecular weight is 250 g/mol. The lowest BCUT2D eigenvalue weighted by molar-refractivity contribution is -0.384. The molecule has 1 aromatic heterocycles. The fourth-order valence-corrected chi connectivity index (χ4v) is 1.55. The maximum Gasteiger partial charge on any atom is 0.295 e. The van der Waals surface area contributed by atoms with Crippen molar-refractivity contribution in [3.8, 4) is 0 Å². The van der Waals surface area contributed by atoms with Crippen LogP contribution in [0.4, 0.5) is 15.8 Å². The van der Waals surface area contributed by atoms with E-state index < -0.39 is 10.7 Å². The van der Waals surface area contributed by atoms with Crippen LogP contribution in [0.5, 0.6) is 0 Å². The van der Waals surface area contributed by atoms with E-state index in [1.807, 2.05) is 6.92 Å². The summed E-state index contributed by atoms with van der Waals surface area (Å²) in [5.74, 6) is -0.633. The van der Waals surface area contributed by atoms with E-state index in [4.69, 9.17) is 0 Å². The second-order valence-corrected chi connectivity index (χ2v) is 3.79. The zero-order chi connectivity index (χ0) is 13.1. The molecule has 6 nitrogen and oxygen atoms in total. The summed E-state index contributed by atoms with van der Waals surface area (Å²) in [7, 11) is 0. The molecule has 0 saturated carbocycles. The molecule has 1 aromatic carbocycles. The minimum Gasteiger partial charge on any atom is -0.375 e. The third-order valence-electron chi connectivity index (χ3n) is 2.56. The van der Waals surface area contributed by atoms with Crippen molar-refractivity contribution in [3.63, 3.8) is 0 Å². The Balaban J connectivity index is 2.19. The van der Waals surface area contributed by atoms with Gasteiger partial charge in [0.2, 0.25) is 0 Å². The van der Waals surface area contributed by atoms with Gasteiger partial charge in [0.15, 0.2) is 0 Å². The van der Waals surface area contributed by atoms with Crippen LogP contribution < -0.4 is 5.32 Å². The molecule has 0 atom stereocenters. The zero-order valence-corrected chi connectivity index (χ0v) is 9.61. The highest BCUT2D eigenvalue weighted by atomic mass is 19.1. The molecule has 18 heavy (non-hydrogen) atoms. The predicted octanol–water partition coefficient (Wildman–Crippen LogP) is 2.38. The number of nitro groups is 1. The van der Waals surface area contributed by atoms with Gasteiger partial charge in [0.25, 0.3) is 5.69 Å². The third kappa shape index (κ3) is 2.45. The second-order valence-electron chi connectivity index (χ2n) is 3.79. The first-order chi connectivity index (χ1) is 8.58. The number of aryl methyl sites for hydroxylation is 1. The van der Waals surface area contributed by atoms with Crippen LogP contribution in [0, 0.1) is 22.9 Å². The van der Waals surface area contributed by atoms with Crippen molar-refractivity contribution in [3.05, 3.63) is 51.6 Å². The van der Waals surface area contributed by atoms with E-state index in [1.165, 1.54) is 12.1 Å². The summed E-state index contributed by atoms with van der Waals surface area (Å²) in [6.45, 7) is 2.23. The largest absolute Gasteiger partial charge is 0.375 e. The van der Waals surface area contributed by atoms with Gasteiger partial charge in [0, 0.05) is 17.8 Å². The van der Waals surface area contributed by atoms with Crippen LogP contribution in [-0.4, -0.2) is 15.1 Å². The zero-order valence-electron chi connectivity index (χ0n) is 9.61. The van der Waals surface area contributed by atoms with Crippen molar-refractivity contribution in [2.75, 3.05) is 5.32 Å². The van der Waals surface area contributed by atoms with E-state index in [1.54, 1.807) is 6.20 Å². The molecule has 0 radical (unpaired) electrons. The Morgan fingerprint density at radius 1 is 1.56 bits per heavy atom. The standard InChI is InChI=1S/C11H11FN4O2/c1-7-8(6-14-15-7)5-13-10-3-2-9(12)4-11(10)16(17)18/h2-4,6,13H,5H2,1H3,(H,14,15). The summed E-state index contributed by atoms with van der Waals surface area (Å²) in [6.07, 6.45) is 1.64. The van der Waals surface area contributed by atoms with Gasteiger partial charge in [-0.25, -0.2) is 4.39 Å². The van der Waals surface area contributed by atoms with Crippen LogP contribution in [0.1, 0.15) is 11.3 Å². The van der Waals surface area contributed by atoms with Crippen molar-refractivity contribution in [2.45, 2.75) is 13.5 Å². The maximum atomic E-state index is 12.9. The molecule has 94 valence electrons. The van der Waals surface area contributed by atoms with E-state index in [0.717, 1.165) is 17.3 Å². The molecular formula is C11H11FN4O2. The lowest BCUT2D eigenvalue weighted by Gasteiger charge is -2.06. The quantitative estimate of drug-likeness (QED) is 0.644. The maximum absolute atomic E-state index is 12.9. The molecule has 0 amide bonds. The number of aromatic nitrogens is 2. The SMILES string of the molecule is Cc1[nH]ncc1CNc1ccc(F)cc1[N+](=O)[O-]. The molecule has 0 saturated heterocycles. The minimum atomic E-state index is -0.633. The number of halogens is 1.